The second kappa shape index (κ2) is 10.2. The molecule has 0 bridgehead atoms. The molecule has 5 rings (SSSR count). The highest BCUT2D eigenvalue weighted by Crippen LogP contribution is 2.31. The maximum absolute atomic E-state index is 13.8. The zero-order valence-electron chi connectivity index (χ0n) is 19.5. The summed E-state index contributed by atoms with van der Waals surface area (Å²) in [7, 11) is 0. The third-order valence-electron chi connectivity index (χ3n) is 7.09. The van der Waals surface area contributed by atoms with E-state index >= 15 is 0 Å². The fourth-order valence-electron chi connectivity index (χ4n) is 5.03. The SMILES string of the molecule is Nc1ccn2ncc(C(=O)Nc3cn(C4CCN(CCC5CCNCC5)CC4)nc3C(F)F)c2n1. The minimum Gasteiger partial charge on any atom is -0.384 e. The molecule has 4 N–H and O–H groups in total. The summed E-state index contributed by atoms with van der Waals surface area (Å²) in [5.74, 6) is 0.433. The number of carbonyl (C=O) groups excluding carboxylic acids is 1. The van der Waals surface area contributed by atoms with Gasteiger partial charge in [0, 0.05) is 25.5 Å². The van der Waals surface area contributed by atoms with E-state index in [1.165, 1.54) is 36.2 Å². The van der Waals surface area contributed by atoms with Gasteiger partial charge in [-0.1, -0.05) is 0 Å². The van der Waals surface area contributed by atoms with Gasteiger partial charge in [-0.2, -0.15) is 10.2 Å². The van der Waals surface area contributed by atoms with Gasteiger partial charge in [-0.3, -0.25) is 9.48 Å². The third-order valence-corrected chi connectivity index (χ3v) is 7.09. The van der Waals surface area contributed by atoms with Crippen molar-refractivity contribution in [2.45, 2.75) is 44.6 Å². The van der Waals surface area contributed by atoms with E-state index in [1.807, 2.05) is 0 Å². The third kappa shape index (κ3) is 5.27. The van der Waals surface area contributed by atoms with E-state index in [9.17, 15) is 13.6 Å². The van der Waals surface area contributed by atoms with Crippen molar-refractivity contribution in [2.75, 3.05) is 43.8 Å². The van der Waals surface area contributed by atoms with Crippen LogP contribution in [-0.4, -0.2) is 67.9 Å². The lowest BCUT2D eigenvalue weighted by Crippen LogP contribution is -2.37. The number of likely N-dealkylation sites (tertiary alicyclic amines) is 1. The first-order valence-corrected chi connectivity index (χ1v) is 12.2. The molecular weight excluding hydrogens is 456 g/mol. The summed E-state index contributed by atoms with van der Waals surface area (Å²) < 4.78 is 30.5. The van der Waals surface area contributed by atoms with E-state index in [2.05, 4.69) is 30.7 Å². The number of hydrogen-bond donors (Lipinski definition) is 3. The highest BCUT2D eigenvalue weighted by molar-refractivity contribution is 6.08. The fraction of sp³-hybridized carbons (Fsp3) is 0.565. The molecule has 188 valence electrons. The molecule has 0 aromatic carbocycles. The van der Waals surface area contributed by atoms with Crippen molar-refractivity contribution >= 4 is 23.1 Å². The Labute approximate surface area is 201 Å². The van der Waals surface area contributed by atoms with Gasteiger partial charge in [-0.05, 0) is 63.7 Å². The Hall–Kier alpha value is -3.12. The van der Waals surface area contributed by atoms with Crippen LogP contribution in [0.3, 0.4) is 0 Å². The first kappa shape index (κ1) is 23.6. The normalized spacial score (nSPS) is 18.5. The van der Waals surface area contributed by atoms with Gasteiger partial charge in [0.05, 0.1) is 17.9 Å². The second-order valence-electron chi connectivity index (χ2n) is 9.40. The number of nitrogens with zero attached hydrogens (tertiary/aromatic N) is 6. The number of rotatable bonds is 7. The maximum atomic E-state index is 13.8. The van der Waals surface area contributed by atoms with Crippen LogP contribution < -0.4 is 16.4 Å². The molecule has 12 heteroatoms. The van der Waals surface area contributed by atoms with E-state index in [1.54, 1.807) is 16.9 Å². The molecule has 0 spiro atoms. The Morgan fingerprint density at radius 2 is 2.00 bits per heavy atom. The Balaban J connectivity index is 1.23. The lowest BCUT2D eigenvalue weighted by molar-refractivity contribution is 0.102. The largest absolute Gasteiger partial charge is 0.384 e. The highest BCUT2D eigenvalue weighted by atomic mass is 19.3. The van der Waals surface area contributed by atoms with Gasteiger partial charge >= 0.3 is 0 Å². The number of carbonyl (C=O) groups is 1. The second-order valence-corrected chi connectivity index (χ2v) is 9.40. The van der Waals surface area contributed by atoms with Crippen LogP contribution in [0.4, 0.5) is 20.3 Å². The number of nitrogens with one attached hydrogen (secondary N) is 2. The summed E-state index contributed by atoms with van der Waals surface area (Å²) >= 11 is 0. The standard InChI is InChI=1S/C23H31F2N9O/c24-21(25)20-18(29-23(35)17-13-28-33-12-6-19(26)30-22(17)33)14-34(31-20)16-4-10-32(11-5-16)9-3-15-1-7-27-8-2-15/h6,12-16,21,27H,1-5,7-11H2,(H2,26,30)(H,29,35). The monoisotopic (exact) mass is 487 g/mol. The van der Waals surface area contributed by atoms with Crippen LogP contribution in [-0.2, 0) is 0 Å². The maximum Gasteiger partial charge on any atom is 0.284 e. The molecule has 2 aliphatic heterocycles. The quantitative estimate of drug-likeness (QED) is 0.469. The number of aromatic nitrogens is 5. The van der Waals surface area contributed by atoms with E-state index in [-0.39, 0.29) is 28.8 Å². The van der Waals surface area contributed by atoms with E-state index in [0.29, 0.717) is 0 Å². The molecule has 1 amide bonds. The van der Waals surface area contributed by atoms with Crippen molar-refractivity contribution in [1.82, 2.24) is 34.6 Å². The Morgan fingerprint density at radius 3 is 2.74 bits per heavy atom. The molecule has 0 radical (unpaired) electrons. The lowest BCUT2D eigenvalue weighted by atomic mass is 9.94. The smallest absolute Gasteiger partial charge is 0.284 e. The molecule has 5 heterocycles. The van der Waals surface area contributed by atoms with Crippen molar-refractivity contribution in [3.05, 3.63) is 35.9 Å². The first-order chi connectivity index (χ1) is 17.0. The number of nitrogens with two attached hydrogens (primary N) is 1. The molecule has 0 saturated carbocycles. The number of fused-ring (bicyclic) bond motifs is 1. The predicted octanol–water partition coefficient (Wildman–Crippen LogP) is 2.72. The lowest BCUT2D eigenvalue weighted by Gasteiger charge is -2.33. The summed E-state index contributed by atoms with van der Waals surface area (Å²) in [6.45, 7) is 5.13. The van der Waals surface area contributed by atoms with Gasteiger partial charge in [0.25, 0.3) is 12.3 Å². The molecule has 0 aliphatic carbocycles. The predicted molar refractivity (Wildman–Crippen MR) is 127 cm³/mol. The molecule has 10 nitrogen and oxygen atoms in total. The number of amides is 1. The minimum absolute atomic E-state index is 0.00147. The molecular formula is C23H31F2N9O. The van der Waals surface area contributed by atoms with Crippen molar-refractivity contribution < 1.29 is 13.6 Å². The van der Waals surface area contributed by atoms with Gasteiger partial charge in [-0.15, -0.1) is 0 Å². The Kier molecular flexibility index (Phi) is 6.91. The summed E-state index contributed by atoms with van der Waals surface area (Å²) in [4.78, 5) is 19.5. The van der Waals surface area contributed by atoms with E-state index in [4.69, 9.17) is 5.73 Å². The van der Waals surface area contributed by atoms with Crippen LogP contribution in [0.2, 0.25) is 0 Å². The van der Waals surface area contributed by atoms with Crippen molar-refractivity contribution in [3.63, 3.8) is 0 Å². The number of halogens is 2. The Bertz CT molecular complexity index is 1160. The van der Waals surface area contributed by atoms with Gasteiger partial charge < -0.3 is 21.3 Å². The number of alkyl halides is 2. The van der Waals surface area contributed by atoms with Gasteiger partial charge in [-0.25, -0.2) is 18.3 Å². The fourth-order valence-corrected chi connectivity index (χ4v) is 5.03. The molecule has 2 fully saturated rings. The number of anilines is 2. The van der Waals surface area contributed by atoms with Gasteiger partial charge in [0.2, 0.25) is 0 Å². The van der Waals surface area contributed by atoms with Crippen LogP contribution in [0.5, 0.6) is 0 Å². The van der Waals surface area contributed by atoms with Crippen molar-refractivity contribution in [3.8, 4) is 0 Å². The molecule has 35 heavy (non-hydrogen) atoms. The average molecular weight is 488 g/mol. The molecule has 3 aromatic rings. The summed E-state index contributed by atoms with van der Waals surface area (Å²) in [6, 6.07) is 1.58. The van der Waals surface area contributed by atoms with E-state index in [0.717, 1.165) is 51.5 Å². The van der Waals surface area contributed by atoms with Crippen LogP contribution >= 0.6 is 0 Å². The summed E-state index contributed by atoms with van der Waals surface area (Å²) in [5.41, 5.74) is 5.69. The number of piperidine rings is 2. The molecule has 0 atom stereocenters. The molecule has 2 aliphatic rings. The van der Waals surface area contributed by atoms with Crippen LogP contribution in [0, 0.1) is 5.92 Å². The summed E-state index contributed by atoms with van der Waals surface area (Å²) in [5, 5.41) is 14.2. The van der Waals surface area contributed by atoms with Crippen molar-refractivity contribution in [2.24, 2.45) is 5.92 Å². The number of nitrogen functional groups attached to an aromatic ring is 1. The van der Waals surface area contributed by atoms with Crippen LogP contribution in [0.1, 0.15) is 60.6 Å². The van der Waals surface area contributed by atoms with Crippen LogP contribution in [0.15, 0.2) is 24.7 Å². The summed E-state index contributed by atoms with van der Waals surface area (Å²) in [6.07, 6.45) is 6.99. The van der Waals surface area contributed by atoms with E-state index < -0.39 is 18.0 Å². The van der Waals surface area contributed by atoms with Crippen molar-refractivity contribution in [1.29, 1.82) is 0 Å². The molecule has 0 unspecified atom stereocenters. The highest BCUT2D eigenvalue weighted by Gasteiger charge is 2.27. The zero-order chi connectivity index (χ0) is 24.4. The zero-order valence-corrected chi connectivity index (χ0v) is 19.5. The van der Waals surface area contributed by atoms with Crippen LogP contribution in [0.25, 0.3) is 5.65 Å². The topological polar surface area (TPSA) is 118 Å². The Morgan fingerprint density at radius 1 is 1.23 bits per heavy atom. The molecule has 3 aromatic heterocycles. The van der Waals surface area contributed by atoms with Gasteiger partial charge in [0.15, 0.2) is 11.3 Å². The average Bonchev–Trinajstić information content (AvgIpc) is 3.48. The number of hydrogen-bond acceptors (Lipinski definition) is 7. The minimum atomic E-state index is -2.81. The molecule has 2 saturated heterocycles. The van der Waals surface area contributed by atoms with Gasteiger partial charge in [0.1, 0.15) is 11.4 Å². The first-order valence-electron chi connectivity index (χ1n) is 12.2.